The summed E-state index contributed by atoms with van der Waals surface area (Å²) in [6.45, 7) is 0. The van der Waals surface area contributed by atoms with Crippen LogP contribution in [0.5, 0.6) is 0 Å². The van der Waals surface area contributed by atoms with Gasteiger partial charge in [0.05, 0.1) is 5.54 Å². The highest BCUT2D eigenvalue weighted by atomic mass is 35.5. The molecule has 0 unspecified atom stereocenters. The second-order valence-electron chi connectivity index (χ2n) is 3.24. The fourth-order valence-corrected chi connectivity index (χ4v) is 2.42. The third kappa shape index (κ3) is 1.71. The first-order chi connectivity index (χ1) is 6.27. The van der Waals surface area contributed by atoms with Crippen LogP contribution in [0, 0.1) is 0 Å². The van der Waals surface area contributed by atoms with E-state index in [0.717, 1.165) is 12.8 Å². The second-order valence-corrected chi connectivity index (χ2v) is 4.46. The third-order valence-electron chi connectivity index (χ3n) is 2.24. The highest BCUT2D eigenvalue weighted by Gasteiger charge is 2.46. The average molecular weight is 216 g/mol. The van der Waals surface area contributed by atoms with Crippen molar-refractivity contribution in [3.63, 3.8) is 0 Å². The summed E-state index contributed by atoms with van der Waals surface area (Å²) < 4.78 is 0. The molecular formula is C9H10ClNOS. The van der Waals surface area contributed by atoms with Gasteiger partial charge in [-0.15, -0.1) is 22.9 Å². The van der Waals surface area contributed by atoms with Crippen LogP contribution in [-0.2, 0) is 10.3 Å². The standard InChI is InChI=1S/C9H10ClNOS/c10-6-8(12)11-9(3-4-9)7-2-1-5-13-7/h1-2,5H,3-4,6H2,(H,11,12). The number of carbonyl (C=O) groups is 1. The summed E-state index contributed by atoms with van der Waals surface area (Å²) >= 11 is 7.13. The molecule has 1 N–H and O–H groups in total. The van der Waals surface area contributed by atoms with Crippen molar-refractivity contribution >= 4 is 28.8 Å². The Morgan fingerprint density at radius 3 is 2.92 bits per heavy atom. The molecule has 0 bridgehead atoms. The maximum absolute atomic E-state index is 11.1. The van der Waals surface area contributed by atoms with E-state index in [4.69, 9.17) is 11.6 Å². The van der Waals surface area contributed by atoms with Gasteiger partial charge in [-0.3, -0.25) is 4.79 Å². The van der Waals surface area contributed by atoms with Gasteiger partial charge < -0.3 is 5.32 Å². The number of hydrogen-bond acceptors (Lipinski definition) is 2. The van der Waals surface area contributed by atoms with E-state index in [1.54, 1.807) is 11.3 Å². The Kier molecular flexibility index (Phi) is 2.30. The Morgan fingerprint density at radius 1 is 1.69 bits per heavy atom. The predicted molar refractivity (Wildman–Crippen MR) is 54.1 cm³/mol. The normalized spacial score (nSPS) is 18.2. The molecule has 1 aromatic rings. The molecule has 0 atom stereocenters. The van der Waals surface area contributed by atoms with E-state index in [2.05, 4.69) is 11.4 Å². The zero-order valence-electron chi connectivity index (χ0n) is 7.05. The number of halogens is 1. The van der Waals surface area contributed by atoms with E-state index in [-0.39, 0.29) is 17.3 Å². The van der Waals surface area contributed by atoms with Gasteiger partial charge in [-0.2, -0.15) is 0 Å². The second kappa shape index (κ2) is 3.31. The molecular weight excluding hydrogens is 206 g/mol. The van der Waals surface area contributed by atoms with E-state index in [0.29, 0.717) is 0 Å². The lowest BCUT2D eigenvalue weighted by molar-refractivity contribution is -0.119. The molecule has 1 heterocycles. The molecule has 1 aromatic heterocycles. The molecule has 70 valence electrons. The highest BCUT2D eigenvalue weighted by Crippen LogP contribution is 2.47. The number of carbonyl (C=O) groups excluding carboxylic acids is 1. The highest BCUT2D eigenvalue weighted by molar-refractivity contribution is 7.10. The zero-order chi connectivity index (χ0) is 9.31. The first-order valence-electron chi connectivity index (χ1n) is 4.18. The van der Waals surface area contributed by atoms with Crippen LogP contribution in [0.15, 0.2) is 17.5 Å². The molecule has 1 aliphatic carbocycles. The van der Waals surface area contributed by atoms with Crippen molar-refractivity contribution in [1.82, 2.24) is 5.32 Å². The van der Waals surface area contributed by atoms with Gasteiger partial charge in [-0.05, 0) is 24.3 Å². The van der Waals surface area contributed by atoms with E-state index < -0.39 is 0 Å². The number of hydrogen-bond donors (Lipinski definition) is 1. The summed E-state index contributed by atoms with van der Waals surface area (Å²) in [7, 11) is 0. The summed E-state index contributed by atoms with van der Waals surface area (Å²) in [4.78, 5) is 12.4. The third-order valence-corrected chi connectivity index (χ3v) is 3.56. The van der Waals surface area contributed by atoms with Crippen LogP contribution in [0.3, 0.4) is 0 Å². The van der Waals surface area contributed by atoms with Gasteiger partial charge in [0.2, 0.25) is 5.91 Å². The molecule has 0 radical (unpaired) electrons. The van der Waals surface area contributed by atoms with E-state index in [1.807, 2.05) is 11.4 Å². The van der Waals surface area contributed by atoms with Gasteiger partial charge in [-0.25, -0.2) is 0 Å². The summed E-state index contributed by atoms with van der Waals surface area (Å²) in [6.07, 6.45) is 2.08. The number of alkyl halides is 1. The molecule has 13 heavy (non-hydrogen) atoms. The summed E-state index contributed by atoms with van der Waals surface area (Å²) in [6, 6.07) is 4.07. The Hall–Kier alpha value is -0.540. The van der Waals surface area contributed by atoms with Crippen molar-refractivity contribution in [1.29, 1.82) is 0 Å². The van der Waals surface area contributed by atoms with Crippen molar-refractivity contribution in [2.45, 2.75) is 18.4 Å². The van der Waals surface area contributed by atoms with Gasteiger partial charge in [0.1, 0.15) is 5.88 Å². The van der Waals surface area contributed by atoms with Crippen LogP contribution >= 0.6 is 22.9 Å². The first-order valence-corrected chi connectivity index (χ1v) is 5.59. The number of thiophene rings is 1. The first kappa shape index (κ1) is 9.03. The number of rotatable bonds is 3. The molecule has 2 nitrogen and oxygen atoms in total. The van der Waals surface area contributed by atoms with Crippen molar-refractivity contribution in [3.05, 3.63) is 22.4 Å². The van der Waals surface area contributed by atoms with Gasteiger partial charge in [0.15, 0.2) is 0 Å². The van der Waals surface area contributed by atoms with Crippen molar-refractivity contribution < 1.29 is 4.79 Å². The van der Waals surface area contributed by atoms with Crippen LogP contribution in [0.4, 0.5) is 0 Å². The largest absolute Gasteiger partial charge is 0.345 e. The van der Waals surface area contributed by atoms with Crippen molar-refractivity contribution in [2.75, 3.05) is 5.88 Å². The molecule has 1 aliphatic rings. The Labute approximate surface area is 85.9 Å². The minimum atomic E-state index is -0.0763. The lowest BCUT2D eigenvalue weighted by Crippen LogP contribution is -2.34. The Balaban J connectivity index is 2.10. The maximum Gasteiger partial charge on any atom is 0.235 e. The molecule has 0 aliphatic heterocycles. The molecule has 0 aromatic carbocycles. The monoisotopic (exact) mass is 215 g/mol. The molecule has 0 saturated heterocycles. The van der Waals surface area contributed by atoms with Crippen molar-refractivity contribution in [3.8, 4) is 0 Å². The lowest BCUT2D eigenvalue weighted by atomic mass is 10.2. The fraction of sp³-hybridized carbons (Fsp3) is 0.444. The van der Waals surface area contributed by atoms with Crippen molar-refractivity contribution in [2.24, 2.45) is 0 Å². The van der Waals surface area contributed by atoms with Crippen LogP contribution in [0.2, 0.25) is 0 Å². The summed E-state index contributed by atoms with van der Waals surface area (Å²) in [5.74, 6) is -0.0276. The molecule has 1 saturated carbocycles. The Morgan fingerprint density at radius 2 is 2.46 bits per heavy atom. The van der Waals surface area contributed by atoms with Crippen LogP contribution < -0.4 is 5.32 Å². The Bertz CT molecular complexity index is 305. The van der Waals surface area contributed by atoms with Crippen LogP contribution in [0.1, 0.15) is 17.7 Å². The topological polar surface area (TPSA) is 29.1 Å². The molecule has 4 heteroatoms. The smallest absolute Gasteiger partial charge is 0.235 e. The van der Waals surface area contributed by atoms with Gasteiger partial charge in [0.25, 0.3) is 0 Å². The van der Waals surface area contributed by atoms with Gasteiger partial charge >= 0.3 is 0 Å². The lowest BCUT2D eigenvalue weighted by Gasteiger charge is -2.14. The molecule has 1 amide bonds. The van der Waals surface area contributed by atoms with Gasteiger partial charge in [-0.1, -0.05) is 6.07 Å². The van der Waals surface area contributed by atoms with Gasteiger partial charge in [0, 0.05) is 4.88 Å². The number of amides is 1. The number of nitrogens with one attached hydrogen (secondary N) is 1. The van der Waals surface area contributed by atoms with E-state index in [1.165, 1.54) is 4.88 Å². The minimum absolute atomic E-state index is 0.0487. The van der Waals surface area contributed by atoms with Crippen LogP contribution in [0.25, 0.3) is 0 Å². The molecule has 1 fully saturated rings. The minimum Gasteiger partial charge on any atom is -0.345 e. The summed E-state index contributed by atoms with van der Waals surface area (Å²) in [5, 5.41) is 4.99. The van der Waals surface area contributed by atoms with Crippen LogP contribution in [-0.4, -0.2) is 11.8 Å². The SMILES string of the molecule is O=C(CCl)NC1(c2cccs2)CC1. The van der Waals surface area contributed by atoms with E-state index in [9.17, 15) is 4.79 Å². The maximum atomic E-state index is 11.1. The molecule has 2 rings (SSSR count). The summed E-state index contributed by atoms with van der Waals surface area (Å²) in [5.41, 5.74) is -0.0693. The fourth-order valence-electron chi connectivity index (χ4n) is 1.41. The molecule has 0 spiro atoms. The average Bonchev–Trinajstić information content (AvgIpc) is 2.70. The zero-order valence-corrected chi connectivity index (χ0v) is 8.62. The van der Waals surface area contributed by atoms with E-state index >= 15 is 0 Å². The predicted octanol–water partition coefficient (Wildman–Crippen LogP) is 2.09. The quantitative estimate of drug-likeness (QED) is 0.769.